The first kappa shape index (κ1) is 21.5. The number of hydrogen-bond donors (Lipinski definition) is 2. The molecule has 30 heavy (non-hydrogen) atoms. The van der Waals surface area contributed by atoms with E-state index in [1.807, 2.05) is 0 Å². The molecule has 2 aromatic carbocycles. The summed E-state index contributed by atoms with van der Waals surface area (Å²) in [5, 5.41) is 14.8. The van der Waals surface area contributed by atoms with Crippen molar-refractivity contribution < 1.29 is 24.5 Å². The second-order valence-electron chi connectivity index (χ2n) is 7.02. The molecule has 0 spiro atoms. The molecule has 0 bridgehead atoms. The number of benzene rings is 2. The lowest BCUT2D eigenvalue weighted by Crippen LogP contribution is -2.37. The van der Waals surface area contributed by atoms with E-state index in [-0.39, 0.29) is 0 Å². The molecule has 7 nitrogen and oxygen atoms in total. The molecule has 158 valence electrons. The maximum Gasteiger partial charge on any atom is 0.414 e. The van der Waals surface area contributed by atoms with Crippen LogP contribution in [0.15, 0.2) is 48.5 Å². The van der Waals surface area contributed by atoms with Crippen LogP contribution in [0.1, 0.15) is 17.5 Å². The second-order valence-corrected chi connectivity index (χ2v) is 7.02. The fourth-order valence-corrected chi connectivity index (χ4v) is 3.58. The zero-order valence-corrected chi connectivity index (χ0v) is 16.7. The first-order valence-corrected chi connectivity index (χ1v) is 9.96. The van der Waals surface area contributed by atoms with E-state index in [9.17, 15) is 0 Å². The van der Waals surface area contributed by atoms with Gasteiger partial charge in [-0.2, -0.15) is 0 Å². The number of para-hydroxylation sites is 2. The highest BCUT2D eigenvalue weighted by Crippen LogP contribution is 2.36. The molecule has 0 amide bonds. The van der Waals surface area contributed by atoms with Crippen molar-refractivity contribution >= 4 is 35.5 Å². The fraction of sp³-hybridized carbons (Fsp3) is 0.304. The number of nitrogens with zero attached hydrogens (tertiary/aromatic N) is 2. The van der Waals surface area contributed by atoms with E-state index in [0.29, 0.717) is 0 Å². The molecule has 0 aromatic heterocycles. The SMILES string of the molecule is C1=Cc2ccccc2N(CCCN2CCOCC2)c2ccccc21.O=C(O)C(=O)O. The number of carboxylic acids is 2. The van der Waals surface area contributed by atoms with Crippen molar-refractivity contribution in [2.45, 2.75) is 6.42 Å². The third-order valence-electron chi connectivity index (χ3n) is 5.04. The van der Waals surface area contributed by atoms with Crippen LogP contribution in [-0.4, -0.2) is 66.4 Å². The minimum Gasteiger partial charge on any atom is -0.473 e. The molecule has 2 aliphatic rings. The zero-order chi connectivity index (χ0) is 21.3. The number of carbonyl (C=O) groups is 2. The summed E-state index contributed by atoms with van der Waals surface area (Å²) < 4.78 is 5.45. The molecule has 7 heteroatoms. The highest BCUT2D eigenvalue weighted by Gasteiger charge is 2.18. The van der Waals surface area contributed by atoms with Gasteiger partial charge in [-0.3, -0.25) is 4.90 Å². The number of hydrogen-bond acceptors (Lipinski definition) is 5. The van der Waals surface area contributed by atoms with Gasteiger partial charge in [0, 0.05) is 37.6 Å². The van der Waals surface area contributed by atoms with Crippen molar-refractivity contribution in [3.63, 3.8) is 0 Å². The van der Waals surface area contributed by atoms with Gasteiger partial charge in [-0.1, -0.05) is 48.6 Å². The molecule has 1 fully saturated rings. The molecule has 0 unspecified atom stereocenters. The molecule has 1 saturated heterocycles. The Bertz CT molecular complexity index is 844. The summed E-state index contributed by atoms with van der Waals surface area (Å²) in [6.45, 7) is 6.05. The van der Waals surface area contributed by atoms with Gasteiger partial charge in [0.2, 0.25) is 0 Å². The summed E-state index contributed by atoms with van der Waals surface area (Å²) in [6.07, 6.45) is 5.62. The van der Waals surface area contributed by atoms with Gasteiger partial charge in [-0.05, 0) is 29.7 Å². The Kier molecular flexibility index (Phi) is 7.59. The van der Waals surface area contributed by atoms with E-state index >= 15 is 0 Å². The number of carboxylic acid groups (broad SMARTS) is 2. The summed E-state index contributed by atoms with van der Waals surface area (Å²) in [5.41, 5.74) is 5.20. The van der Waals surface area contributed by atoms with Crippen LogP contribution >= 0.6 is 0 Å². The Morgan fingerprint density at radius 1 is 0.800 bits per heavy atom. The molecule has 2 aliphatic heterocycles. The van der Waals surface area contributed by atoms with Crippen molar-refractivity contribution in [3.8, 4) is 0 Å². The number of rotatable bonds is 4. The molecule has 2 aromatic rings. The van der Waals surface area contributed by atoms with Crippen molar-refractivity contribution in [3.05, 3.63) is 59.7 Å². The largest absolute Gasteiger partial charge is 0.473 e. The first-order valence-electron chi connectivity index (χ1n) is 9.96. The maximum absolute atomic E-state index is 9.10. The molecule has 2 N–H and O–H groups in total. The van der Waals surface area contributed by atoms with Crippen molar-refractivity contribution in [1.29, 1.82) is 0 Å². The molecule has 0 aliphatic carbocycles. The number of fused-ring (bicyclic) bond motifs is 2. The number of morpholine rings is 1. The van der Waals surface area contributed by atoms with Gasteiger partial charge in [-0.25, -0.2) is 9.59 Å². The maximum atomic E-state index is 9.10. The number of ether oxygens (including phenoxy) is 1. The van der Waals surface area contributed by atoms with Crippen LogP contribution in [0.3, 0.4) is 0 Å². The average molecular weight is 410 g/mol. The van der Waals surface area contributed by atoms with Crippen molar-refractivity contribution in [2.24, 2.45) is 0 Å². The molecule has 0 saturated carbocycles. The smallest absolute Gasteiger partial charge is 0.414 e. The van der Waals surface area contributed by atoms with Crippen LogP contribution in [0, 0.1) is 0 Å². The van der Waals surface area contributed by atoms with E-state index in [1.165, 1.54) is 22.5 Å². The average Bonchev–Trinajstić information content (AvgIpc) is 2.92. The highest BCUT2D eigenvalue weighted by molar-refractivity contribution is 6.27. The summed E-state index contributed by atoms with van der Waals surface area (Å²) in [4.78, 5) is 23.2. The predicted octanol–water partition coefficient (Wildman–Crippen LogP) is 3.19. The molecular weight excluding hydrogens is 384 g/mol. The predicted molar refractivity (Wildman–Crippen MR) is 116 cm³/mol. The van der Waals surface area contributed by atoms with E-state index in [1.54, 1.807) is 0 Å². The standard InChI is InChI=1S/C21H24N2O.C2H2O4/c1-3-8-20-18(6-1)10-11-19-7-2-4-9-21(19)23(20)13-5-12-22-14-16-24-17-15-22;3-1(4)2(5)6/h1-4,6-11H,5,12-17H2;(H,3,4)(H,5,6). The van der Waals surface area contributed by atoms with Crippen LogP contribution in [0.25, 0.3) is 12.2 Å². The summed E-state index contributed by atoms with van der Waals surface area (Å²) in [6, 6.07) is 17.4. The highest BCUT2D eigenvalue weighted by atomic mass is 16.5. The molecule has 0 radical (unpaired) electrons. The van der Waals surface area contributed by atoms with Crippen molar-refractivity contribution in [2.75, 3.05) is 44.3 Å². The van der Waals surface area contributed by atoms with Gasteiger partial charge >= 0.3 is 11.9 Å². The Morgan fingerprint density at radius 2 is 1.30 bits per heavy atom. The van der Waals surface area contributed by atoms with Gasteiger partial charge in [-0.15, -0.1) is 0 Å². The van der Waals surface area contributed by atoms with Crippen LogP contribution < -0.4 is 4.90 Å². The second kappa shape index (κ2) is 10.6. The zero-order valence-electron chi connectivity index (χ0n) is 16.7. The Labute approximate surface area is 175 Å². The summed E-state index contributed by atoms with van der Waals surface area (Å²) in [5.74, 6) is -3.65. The third-order valence-corrected chi connectivity index (χ3v) is 5.04. The van der Waals surface area contributed by atoms with Gasteiger partial charge in [0.05, 0.1) is 13.2 Å². The molecule has 0 atom stereocenters. The quantitative estimate of drug-likeness (QED) is 0.748. The Balaban J connectivity index is 0.000000377. The lowest BCUT2D eigenvalue weighted by molar-refractivity contribution is -0.159. The van der Waals surface area contributed by atoms with Gasteiger partial charge in [0.1, 0.15) is 0 Å². The number of aliphatic carboxylic acids is 2. The van der Waals surface area contributed by atoms with E-state index in [0.717, 1.165) is 45.8 Å². The van der Waals surface area contributed by atoms with Crippen LogP contribution in [0.5, 0.6) is 0 Å². The van der Waals surface area contributed by atoms with Crippen molar-refractivity contribution in [1.82, 2.24) is 4.90 Å². The van der Waals surface area contributed by atoms with Gasteiger partial charge < -0.3 is 19.8 Å². The third kappa shape index (κ3) is 5.68. The molecule has 2 heterocycles. The Morgan fingerprint density at radius 3 is 1.80 bits per heavy atom. The minimum absolute atomic E-state index is 0.874. The van der Waals surface area contributed by atoms with E-state index < -0.39 is 11.9 Å². The topological polar surface area (TPSA) is 90.3 Å². The first-order chi connectivity index (χ1) is 14.6. The van der Waals surface area contributed by atoms with Crippen LogP contribution in [0.2, 0.25) is 0 Å². The fourth-order valence-electron chi connectivity index (χ4n) is 3.58. The Hall–Kier alpha value is -3.16. The minimum atomic E-state index is -1.82. The van der Waals surface area contributed by atoms with Gasteiger partial charge in [0.15, 0.2) is 0 Å². The van der Waals surface area contributed by atoms with E-state index in [4.69, 9.17) is 24.5 Å². The van der Waals surface area contributed by atoms with Crippen LogP contribution in [-0.2, 0) is 14.3 Å². The summed E-state index contributed by atoms with van der Waals surface area (Å²) >= 11 is 0. The lowest BCUT2D eigenvalue weighted by atomic mass is 10.1. The lowest BCUT2D eigenvalue weighted by Gasteiger charge is -2.30. The molecule has 4 rings (SSSR count). The normalized spacial score (nSPS) is 15.3. The monoisotopic (exact) mass is 410 g/mol. The summed E-state index contributed by atoms with van der Waals surface area (Å²) in [7, 11) is 0. The van der Waals surface area contributed by atoms with E-state index in [2.05, 4.69) is 70.5 Å². The van der Waals surface area contributed by atoms with Gasteiger partial charge in [0.25, 0.3) is 0 Å². The molecular formula is C23H26N2O5. The number of anilines is 2. The van der Waals surface area contributed by atoms with Crippen LogP contribution in [0.4, 0.5) is 11.4 Å².